The van der Waals surface area contributed by atoms with Crippen molar-refractivity contribution < 1.29 is 4.75 Å². The number of hydrogen-bond donors (Lipinski definition) is 1. The van der Waals surface area contributed by atoms with Crippen LogP contribution in [0.3, 0.4) is 0 Å². The fourth-order valence-corrected chi connectivity index (χ4v) is 7.74. The molecule has 1 unspecified atom stereocenters. The molecule has 0 spiro atoms. The molecule has 1 aliphatic rings. The molecule has 1 aliphatic heterocycles. The van der Waals surface area contributed by atoms with Gasteiger partial charge in [0.2, 0.25) is 0 Å². The quantitative estimate of drug-likeness (QED) is 0.501. The summed E-state index contributed by atoms with van der Waals surface area (Å²) >= 11 is 3.99. The second-order valence-corrected chi connectivity index (χ2v) is 22.2. The summed E-state index contributed by atoms with van der Waals surface area (Å²) < 4.78 is 3.23. The number of nitrogens with zero attached hydrogens (tertiary/aromatic N) is 2. The van der Waals surface area contributed by atoms with E-state index in [0.717, 1.165) is 24.2 Å². The van der Waals surface area contributed by atoms with Crippen LogP contribution in [-0.2, 0) is 6.42 Å². The molecule has 1 aromatic rings. The number of rotatable bonds is 7. The average molecular weight is 446 g/mol. The third kappa shape index (κ3) is 5.74. The first-order valence-electron chi connectivity index (χ1n) is 7.36. The van der Waals surface area contributed by atoms with Crippen LogP contribution in [0.2, 0.25) is 0 Å². The second-order valence-electron chi connectivity index (χ2n) is 5.51. The molecule has 2 heterocycles. The Labute approximate surface area is 147 Å². The average Bonchev–Trinajstić information content (AvgIpc) is 2.54. The van der Waals surface area contributed by atoms with Crippen LogP contribution < -0.4 is 9.74 Å². The first-order valence-corrected chi connectivity index (χ1v) is 15.2. The molecule has 3 nitrogen and oxygen atoms in total. The van der Waals surface area contributed by atoms with E-state index < -0.39 is 4.64 Å². The molecule has 6 heteroatoms. The summed E-state index contributed by atoms with van der Waals surface area (Å²) in [4.78, 5) is 8.78. The molecule has 3 N–H and O–H groups in total. The topological polar surface area (TPSA) is 54.6 Å². The predicted molar refractivity (Wildman–Crippen MR) is 98.4 cm³/mol. The monoisotopic (exact) mass is 448 g/mol. The van der Waals surface area contributed by atoms with Crippen LogP contribution in [0.15, 0.2) is 42.3 Å². The number of aliphatic imine (C=N–C) groups is 1. The normalized spacial score (nSPS) is 16.9. The van der Waals surface area contributed by atoms with Crippen LogP contribution in [-0.4, -0.2) is 53.3 Å². The zero-order valence-electron chi connectivity index (χ0n) is 13.2. The summed E-state index contributed by atoms with van der Waals surface area (Å²) in [6, 6.07) is 4.30. The minimum atomic E-state index is -1.03. The second kappa shape index (κ2) is 8.54. The fourth-order valence-electron chi connectivity index (χ4n) is 2.13. The molecule has 22 heavy (non-hydrogen) atoms. The molecule has 0 fully saturated rings. The molecule has 0 amide bonds. The van der Waals surface area contributed by atoms with Crippen molar-refractivity contribution in [2.45, 2.75) is 26.7 Å². The molecule has 1 aromatic heterocycles. The zero-order chi connectivity index (χ0) is 16.0. The molecule has 1 radical (unpaired) electrons. The van der Waals surface area contributed by atoms with Crippen molar-refractivity contribution in [1.29, 1.82) is 0 Å². The maximum atomic E-state index is 4.39. The van der Waals surface area contributed by atoms with Crippen molar-refractivity contribution in [3.63, 3.8) is 0 Å². The van der Waals surface area contributed by atoms with Gasteiger partial charge in [0.25, 0.3) is 0 Å². The summed E-state index contributed by atoms with van der Waals surface area (Å²) in [5.74, 6) is 0. The van der Waals surface area contributed by atoms with Gasteiger partial charge in [-0.1, -0.05) is 0 Å². The van der Waals surface area contributed by atoms with Gasteiger partial charge < -0.3 is 0 Å². The molecular formula is C16H23N3PSe2+2. The van der Waals surface area contributed by atoms with Crippen molar-refractivity contribution in [3.05, 3.63) is 53.5 Å². The molecule has 2 rings (SSSR count). The van der Waals surface area contributed by atoms with Crippen LogP contribution in [0.5, 0.6) is 0 Å². The first-order chi connectivity index (χ1) is 10.5. The number of pyridine rings is 1. The van der Waals surface area contributed by atoms with Gasteiger partial charge in [0.1, 0.15) is 0 Å². The molecule has 0 bridgehead atoms. The molecular weight excluding hydrogens is 423 g/mol. The first kappa shape index (κ1) is 18.1. The Bertz CT molecular complexity index is 596. The summed E-state index contributed by atoms with van der Waals surface area (Å²) in [5, 5.41) is 0. The van der Waals surface area contributed by atoms with Crippen molar-refractivity contribution in [1.82, 2.24) is 9.98 Å². The van der Waals surface area contributed by atoms with Crippen LogP contribution in [0, 0.1) is 6.92 Å². The number of quaternary nitrogens is 1. The Kier molecular flexibility index (Phi) is 7.02. The van der Waals surface area contributed by atoms with Gasteiger partial charge in [0.05, 0.1) is 0 Å². The Morgan fingerprint density at radius 3 is 2.59 bits per heavy atom. The Morgan fingerprint density at radius 1 is 1.23 bits per heavy atom. The third-order valence-electron chi connectivity index (χ3n) is 3.66. The van der Waals surface area contributed by atoms with Crippen molar-refractivity contribution in [3.8, 4) is 0 Å². The Balaban J connectivity index is 1.88. The van der Waals surface area contributed by atoms with Crippen LogP contribution in [0.1, 0.15) is 24.6 Å². The molecule has 0 saturated heterocycles. The van der Waals surface area contributed by atoms with Gasteiger partial charge in [-0.3, -0.25) is 0 Å². The van der Waals surface area contributed by atoms with E-state index in [4.69, 9.17) is 0 Å². The van der Waals surface area contributed by atoms with E-state index in [2.05, 4.69) is 54.6 Å². The summed E-state index contributed by atoms with van der Waals surface area (Å²) in [7, 11) is 0. The van der Waals surface area contributed by atoms with Gasteiger partial charge in [-0.25, -0.2) is 0 Å². The van der Waals surface area contributed by atoms with Crippen LogP contribution in [0.4, 0.5) is 0 Å². The SMILES string of the molecule is CC1=[N+]C=C(CC[P+]([Se-])(CCc2ccc(C)nc2)[Se][NH3+])C=C1. The molecule has 0 aliphatic carbocycles. The van der Waals surface area contributed by atoms with Gasteiger partial charge in [-0.05, 0) is 0 Å². The third-order valence-corrected chi connectivity index (χ3v) is 16.9. The van der Waals surface area contributed by atoms with E-state index in [-0.39, 0.29) is 0 Å². The van der Waals surface area contributed by atoms with Crippen LogP contribution in [0.25, 0.3) is 0 Å². The fraction of sp³-hybridized carbons (Fsp3) is 0.375. The van der Waals surface area contributed by atoms with Crippen molar-refractivity contribution in [2.75, 3.05) is 12.3 Å². The van der Waals surface area contributed by atoms with Gasteiger partial charge in [0.15, 0.2) is 0 Å². The Morgan fingerprint density at radius 2 is 2.00 bits per heavy atom. The Hall–Kier alpha value is -0.271. The van der Waals surface area contributed by atoms with E-state index in [0.29, 0.717) is 14.7 Å². The van der Waals surface area contributed by atoms with Gasteiger partial charge in [-0.2, -0.15) is 0 Å². The van der Waals surface area contributed by atoms with E-state index >= 15 is 0 Å². The standard InChI is InChI=1S/C16H22N3PSe2/c1-13-3-5-15(11-18-13)7-9-20(21,22-17)10-8-16-6-4-14(2)19-12-16/h3-6,11-12H,7-10,17H2,1-2H3/q+1/p+1. The zero-order valence-corrected chi connectivity index (χ0v) is 17.5. The van der Waals surface area contributed by atoms with E-state index in [9.17, 15) is 0 Å². The van der Waals surface area contributed by atoms with E-state index in [1.165, 1.54) is 23.5 Å². The maximum absolute atomic E-state index is 4.39. The number of hydrogen-bond acceptors (Lipinski definition) is 2. The molecule has 0 saturated carbocycles. The summed E-state index contributed by atoms with van der Waals surface area (Å²) in [6.45, 7) is 4.06. The molecule has 0 aromatic carbocycles. The van der Waals surface area contributed by atoms with Crippen LogP contribution >= 0.6 is 4.64 Å². The predicted octanol–water partition coefficient (Wildman–Crippen LogP) is 1.45. The number of allylic oxidation sites excluding steroid dienone is 3. The summed E-state index contributed by atoms with van der Waals surface area (Å²) in [5.41, 5.74) is 4.85. The van der Waals surface area contributed by atoms with Gasteiger partial charge in [-0.15, -0.1) is 0 Å². The summed E-state index contributed by atoms with van der Waals surface area (Å²) in [6.07, 6.45) is 13.0. The van der Waals surface area contributed by atoms with Crippen molar-refractivity contribution in [2.24, 2.45) is 0 Å². The number of aryl methyl sites for hydroxylation is 2. The molecule has 1 atom stereocenters. The van der Waals surface area contributed by atoms with E-state index in [1.54, 1.807) is 0 Å². The van der Waals surface area contributed by atoms with Gasteiger partial charge in [0, 0.05) is 0 Å². The molecule has 117 valence electrons. The van der Waals surface area contributed by atoms with E-state index in [1.807, 2.05) is 26.2 Å². The number of aromatic nitrogens is 1. The van der Waals surface area contributed by atoms with Gasteiger partial charge >= 0.3 is 148 Å². The minimum absolute atomic E-state index is 0.448. The van der Waals surface area contributed by atoms with Crippen molar-refractivity contribution >= 4 is 40.7 Å².